The number of aliphatic hydroxyl groups excluding tert-OH is 1. The van der Waals surface area contributed by atoms with Gasteiger partial charge in [-0.3, -0.25) is 4.79 Å². The fraction of sp³-hybridized carbons (Fsp3) is 0.400. The minimum Gasteiger partial charge on any atom is -0.491 e. The first-order valence-corrected chi connectivity index (χ1v) is 6.06. The van der Waals surface area contributed by atoms with Crippen molar-refractivity contribution >= 4 is 11.4 Å². The van der Waals surface area contributed by atoms with Crippen LogP contribution in [-0.2, 0) is 0 Å². The van der Waals surface area contributed by atoms with E-state index in [1.54, 1.807) is 12.1 Å². The molecule has 0 aliphatic heterocycles. The lowest BCUT2D eigenvalue weighted by Crippen LogP contribution is -2.16. The van der Waals surface area contributed by atoms with Gasteiger partial charge in [-0.15, -0.1) is 0 Å². The first-order chi connectivity index (χ1) is 8.43. The number of benzene rings is 1. The van der Waals surface area contributed by atoms with Crippen molar-refractivity contribution in [1.29, 1.82) is 0 Å². The van der Waals surface area contributed by atoms with Crippen LogP contribution in [0.25, 0.3) is 5.57 Å². The molecule has 1 atom stereocenters. The normalized spacial score (nSPS) is 12.0. The molecule has 1 rings (SSSR count). The first kappa shape index (κ1) is 14.5. The predicted molar refractivity (Wildman–Crippen MR) is 72.9 cm³/mol. The Morgan fingerprint density at radius 3 is 2.44 bits per heavy atom. The Morgan fingerprint density at radius 1 is 1.33 bits per heavy atom. The number of Topliss-reactive ketones (excluding diaryl/α,β-unsaturated/α-hetero) is 1. The maximum Gasteiger partial charge on any atom is 0.159 e. The SMILES string of the molecule is C=C(C)c1cc(OCC(O)CC)cc(C(C)=O)c1. The first-order valence-electron chi connectivity index (χ1n) is 6.06. The van der Waals surface area contributed by atoms with E-state index < -0.39 is 6.10 Å². The van der Waals surface area contributed by atoms with Gasteiger partial charge >= 0.3 is 0 Å². The van der Waals surface area contributed by atoms with Crippen LogP contribution in [0.5, 0.6) is 5.75 Å². The summed E-state index contributed by atoms with van der Waals surface area (Å²) in [6.07, 6.45) is 0.152. The highest BCUT2D eigenvalue weighted by Crippen LogP contribution is 2.22. The van der Waals surface area contributed by atoms with E-state index in [2.05, 4.69) is 6.58 Å². The highest BCUT2D eigenvalue weighted by molar-refractivity contribution is 5.95. The van der Waals surface area contributed by atoms with E-state index in [0.29, 0.717) is 17.7 Å². The molecule has 3 nitrogen and oxygen atoms in total. The molecule has 0 fully saturated rings. The summed E-state index contributed by atoms with van der Waals surface area (Å²) in [5.41, 5.74) is 2.35. The second-order valence-corrected chi connectivity index (χ2v) is 4.46. The summed E-state index contributed by atoms with van der Waals surface area (Å²) in [4.78, 5) is 11.4. The third-order valence-corrected chi connectivity index (χ3v) is 2.72. The average molecular weight is 248 g/mol. The number of aliphatic hydroxyl groups is 1. The number of carbonyl (C=O) groups is 1. The van der Waals surface area contributed by atoms with E-state index in [1.165, 1.54) is 6.92 Å². The number of ether oxygens (including phenoxy) is 1. The second kappa shape index (κ2) is 6.36. The van der Waals surface area contributed by atoms with Gasteiger partial charge in [0.25, 0.3) is 0 Å². The zero-order valence-electron chi connectivity index (χ0n) is 11.2. The Bertz CT molecular complexity index is 417. The molecule has 0 aliphatic rings. The highest BCUT2D eigenvalue weighted by atomic mass is 16.5. The van der Waals surface area contributed by atoms with Gasteiger partial charge in [0.05, 0.1) is 6.10 Å². The van der Waals surface area contributed by atoms with E-state index >= 15 is 0 Å². The van der Waals surface area contributed by atoms with Crippen molar-refractivity contribution < 1.29 is 14.6 Å². The van der Waals surface area contributed by atoms with Gasteiger partial charge in [0.15, 0.2) is 5.78 Å². The minimum absolute atomic E-state index is 0.0148. The van der Waals surface area contributed by atoms with Crippen molar-refractivity contribution in [2.75, 3.05) is 6.61 Å². The second-order valence-electron chi connectivity index (χ2n) is 4.46. The maximum atomic E-state index is 11.4. The molecule has 3 heteroatoms. The zero-order valence-corrected chi connectivity index (χ0v) is 11.2. The Labute approximate surface area is 108 Å². The Hall–Kier alpha value is -1.61. The van der Waals surface area contributed by atoms with Gasteiger partial charge < -0.3 is 9.84 Å². The molecular weight excluding hydrogens is 228 g/mol. The van der Waals surface area contributed by atoms with Crippen molar-refractivity contribution in [3.8, 4) is 5.75 Å². The van der Waals surface area contributed by atoms with E-state index in [-0.39, 0.29) is 12.4 Å². The van der Waals surface area contributed by atoms with Crippen LogP contribution in [0, 0.1) is 0 Å². The van der Waals surface area contributed by atoms with Crippen molar-refractivity contribution in [3.05, 3.63) is 35.9 Å². The van der Waals surface area contributed by atoms with Gasteiger partial charge in [-0.05, 0) is 44.0 Å². The summed E-state index contributed by atoms with van der Waals surface area (Å²) >= 11 is 0. The summed E-state index contributed by atoms with van der Waals surface area (Å²) < 4.78 is 5.50. The van der Waals surface area contributed by atoms with Crippen LogP contribution >= 0.6 is 0 Å². The smallest absolute Gasteiger partial charge is 0.159 e. The number of carbonyl (C=O) groups excluding carboxylic acids is 1. The van der Waals surface area contributed by atoms with Gasteiger partial charge in [-0.25, -0.2) is 0 Å². The van der Waals surface area contributed by atoms with Crippen LogP contribution in [-0.4, -0.2) is 23.6 Å². The molecule has 0 bridgehead atoms. The molecule has 1 N–H and O–H groups in total. The molecule has 0 spiro atoms. The number of hydrogen-bond donors (Lipinski definition) is 1. The van der Waals surface area contributed by atoms with Gasteiger partial charge in [0.2, 0.25) is 0 Å². The number of rotatable bonds is 6. The highest BCUT2D eigenvalue weighted by Gasteiger charge is 2.08. The van der Waals surface area contributed by atoms with Crippen molar-refractivity contribution in [2.45, 2.75) is 33.3 Å². The van der Waals surface area contributed by atoms with Gasteiger partial charge in [-0.2, -0.15) is 0 Å². The Balaban J connectivity index is 2.96. The van der Waals surface area contributed by atoms with E-state index in [0.717, 1.165) is 11.1 Å². The molecule has 0 aromatic heterocycles. The van der Waals surface area contributed by atoms with E-state index in [1.807, 2.05) is 19.9 Å². The third-order valence-electron chi connectivity index (χ3n) is 2.72. The van der Waals surface area contributed by atoms with E-state index in [4.69, 9.17) is 4.74 Å². The molecule has 98 valence electrons. The molecule has 0 aliphatic carbocycles. The molecular formula is C15H20O3. The molecule has 0 saturated carbocycles. The minimum atomic E-state index is -0.487. The van der Waals surface area contributed by atoms with Crippen LogP contribution < -0.4 is 4.74 Å². The lowest BCUT2D eigenvalue weighted by atomic mass is 10.0. The van der Waals surface area contributed by atoms with Crippen molar-refractivity contribution in [1.82, 2.24) is 0 Å². The quantitative estimate of drug-likeness (QED) is 0.787. The zero-order chi connectivity index (χ0) is 13.7. The van der Waals surface area contributed by atoms with Crippen LogP contribution in [0.3, 0.4) is 0 Å². The van der Waals surface area contributed by atoms with Gasteiger partial charge in [-0.1, -0.05) is 19.1 Å². The van der Waals surface area contributed by atoms with Crippen LogP contribution in [0.4, 0.5) is 0 Å². The molecule has 0 saturated heterocycles. The fourth-order valence-corrected chi connectivity index (χ4v) is 1.44. The Kier molecular flexibility index (Phi) is 5.10. The Morgan fingerprint density at radius 2 is 1.94 bits per heavy atom. The maximum absolute atomic E-state index is 11.4. The number of allylic oxidation sites excluding steroid dienone is 1. The van der Waals surface area contributed by atoms with Crippen LogP contribution in [0.1, 0.15) is 43.1 Å². The van der Waals surface area contributed by atoms with Crippen LogP contribution in [0.2, 0.25) is 0 Å². The molecule has 1 aromatic rings. The monoisotopic (exact) mass is 248 g/mol. The van der Waals surface area contributed by atoms with Crippen molar-refractivity contribution in [2.24, 2.45) is 0 Å². The molecule has 0 heterocycles. The largest absolute Gasteiger partial charge is 0.491 e. The summed E-state index contributed by atoms with van der Waals surface area (Å²) in [6.45, 7) is 9.37. The average Bonchev–Trinajstić information content (AvgIpc) is 2.35. The summed E-state index contributed by atoms with van der Waals surface area (Å²) in [5, 5.41) is 9.47. The summed E-state index contributed by atoms with van der Waals surface area (Å²) in [5.74, 6) is 0.576. The lowest BCUT2D eigenvalue weighted by Gasteiger charge is -2.12. The standard InChI is InChI=1S/C15H20O3/c1-5-14(17)9-18-15-7-12(10(2)3)6-13(8-15)11(4)16/h6-8,14,17H,2,5,9H2,1,3-4H3. The fourth-order valence-electron chi connectivity index (χ4n) is 1.44. The number of hydrogen-bond acceptors (Lipinski definition) is 3. The lowest BCUT2D eigenvalue weighted by molar-refractivity contribution is 0.101. The predicted octanol–water partition coefficient (Wildman–Crippen LogP) is 3.07. The third kappa shape index (κ3) is 4.00. The van der Waals surface area contributed by atoms with Gasteiger partial charge in [0.1, 0.15) is 12.4 Å². The molecule has 0 amide bonds. The molecule has 0 radical (unpaired) electrons. The topological polar surface area (TPSA) is 46.5 Å². The van der Waals surface area contributed by atoms with E-state index in [9.17, 15) is 9.90 Å². The summed E-state index contributed by atoms with van der Waals surface area (Å²) in [7, 11) is 0. The van der Waals surface area contributed by atoms with Crippen molar-refractivity contribution in [3.63, 3.8) is 0 Å². The molecule has 1 aromatic carbocycles. The molecule has 1 unspecified atom stereocenters. The molecule has 18 heavy (non-hydrogen) atoms. The number of ketones is 1. The van der Waals surface area contributed by atoms with Gasteiger partial charge in [0, 0.05) is 5.56 Å². The van der Waals surface area contributed by atoms with Crippen LogP contribution in [0.15, 0.2) is 24.8 Å². The summed E-state index contributed by atoms with van der Waals surface area (Å²) in [6, 6.07) is 5.32.